The fourth-order valence-electron chi connectivity index (χ4n) is 4.97. The highest BCUT2D eigenvalue weighted by Crippen LogP contribution is 2.39. The van der Waals surface area contributed by atoms with Crippen molar-refractivity contribution in [3.8, 4) is 17.1 Å². The third-order valence-electron chi connectivity index (χ3n) is 6.94. The number of rotatable bonds is 7. The maximum absolute atomic E-state index is 15.0. The maximum atomic E-state index is 15.0. The zero-order valence-electron chi connectivity index (χ0n) is 22.9. The number of pyridine rings is 1. The van der Waals surface area contributed by atoms with Gasteiger partial charge in [0, 0.05) is 18.3 Å². The van der Waals surface area contributed by atoms with Gasteiger partial charge in [-0.2, -0.15) is 31.4 Å². The Balaban J connectivity index is 1.64. The predicted octanol–water partition coefficient (Wildman–Crippen LogP) is 2.99. The molecule has 11 nitrogen and oxygen atoms in total. The number of methoxy groups -OCH3 is 1. The molecule has 0 aliphatic carbocycles. The van der Waals surface area contributed by atoms with Crippen molar-refractivity contribution in [1.29, 1.82) is 0 Å². The number of fused-ring (bicyclic) bond motifs is 1. The number of likely N-dealkylation sites (tertiary alicyclic amines) is 1. The molecule has 3 atom stereocenters. The molecule has 1 saturated heterocycles. The van der Waals surface area contributed by atoms with Crippen molar-refractivity contribution >= 4 is 23.1 Å². The lowest BCUT2D eigenvalue weighted by molar-refractivity contribution is -0.200. The topological polar surface area (TPSA) is 154 Å². The summed E-state index contributed by atoms with van der Waals surface area (Å²) >= 11 is 0. The number of alkyl halides is 7. The highest BCUT2D eigenvalue weighted by Gasteiger charge is 2.60. The number of hydrogen-bond donors (Lipinski definition) is 3. The first-order valence-electron chi connectivity index (χ1n) is 12.7. The Labute approximate surface area is 239 Å². The SMILES string of the molecule is COc1ncc(-c2cc(C(F)(F)F)c3c(N)ncnn23)cc1C(=O)N[C@@H]1CN(C(=O)C(N)(CC(C)C)C(F)(F)F)C[C@@H]1F. The van der Waals surface area contributed by atoms with Crippen molar-refractivity contribution in [2.45, 2.75) is 50.4 Å². The molecule has 234 valence electrons. The summed E-state index contributed by atoms with van der Waals surface area (Å²) in [5.74, 6) is -3.91. The molecular weight excluding hydrogens is 593 g/mol. The summed E-state index contributed by atoms with van der Waals surface area (Å²) in [5.41, 5.74) is 5.71. The van der Waals surface area contributed by atoms with E-state index in [4.69, 9.17) is 16.2 Å². The molecule has 18 heteroatoms. The van der Waals surface area contributed by atoms with Crippen LogP contribution in [0.4, 0.5) is 36.6 Å². The monoisotopic (exact) mass is 620 g/mol. The number of carbonyl (C=O) groups is 2. The average Bonchev–Trinajstić information content (AvgIpc) is 3.48. The second-order valence-corrected chi connectivity index (χ2v) is 10.5. The molecule has 43 heavy (non-hydrogen) atoms. The fraction of sp³-hybridized carbons (Fsp3) is 0.480. The van der Waals surface area contributed by atoms with Crippen molar-refractivity contribution < 1.29 is 45.1 Å². The van der Waals surface area contributed by atoms with Gasteiger partial charge in [-0.1, -0.05) is 13.8 Å². The third kappa shape index (κ3) is 5.87. The molecule has 0 bridgehead atoms. The van der Waals surface area contributed by atoms with E-state index in [1.807, 2.05) is 0 Å². The van der Waals surface area contributed by atoms with E-state index >= 15 is 0 Å². The minimum Gasteiger partial charge on any atom is -0.480 e. The van der Waals surface area contributed by atoms with Crippen LogP contribution in [-0.2, 0) is 11.0 Å². The lowest BCUT2D eigenvalue weighted by atomic mass is 9.87. The highest BCUT2D eigenvalue weighted by molar-refractivity contribution is 5.98. The number of anilines is 1. The number of hydrogen-bond acceptors (Lipinski definition) is 8. The Hall–Kier alpha value is -4.22. The molecule has 2 amide bonds. The molecule has 1 aliphatic heterocycles. The summed E-state index contributed by atoms with van der Waals surface area (Å²) in [6.07, 6.45) is -10.6. The molecule has 1 unspecified atom stereocenters. The molecule has 0 spiro atoms. The van der Waals surface area contributed by atoms with Gasteiger partial charge in [0.1, 0.15) is 23.6 Å². The van der Waals surface area contributed by atoms with E-state index in [9.17, 15) is 40.3 Å². The molecule has 1 fully saturated rings. The number of halogens is 7. The van der Waals surface area contributed by atoms with Crippen molar-refractivity contribution in [3.63, 3.8) is 0 Å². The zero-order chi connectivity index (χ0) is 32.1. The van der Waals surface area contributed by atoms with Crippen molar-refractivity contribution in [3.05, 3.63) is 35.8 Å². The third-order valence-corrected chi connectivity index (χ3v) is 6.94. The van der Waals surface area contributed by atoms with Crippen molar-refractivity contribution in [1.82, 2.24) is 29.8 Å². The first-order chi connectivity index (χ1) is 19.9. The number of nitrogens with zero attached hydrogens (tertiary/aromatic N) is 5. The van der Waals surface area contributed by atoms with Crippen LogP contribution in [0.15, 0.2) is 24.7 Å². The van der Waals surface area contributed by atoms with E-state index in [0.29, 0.717) is 4.90 Å². The smallest absolute Gasteiger partial charge is 0.418 e. The largest absolute Gasteiger partial charge is 0.480 e. The van der Waals surface area contributed by atoms with Crippen molar-refractivity contribution in [2.75, 3.05) is 25.9 Å². The summed E-state index contributed by atoms with van der Waals surface area (Å²) in [6, 6.07) is 0.407. The van der Waals surface area contributed by atoms with Gasteiger partial charge in [0.25, 0.3) is 11.8 Å². The summed E-state index contributed by atoms with van der Waals surface area (Å²) < 4.78 is 104. The Kier molecular flexibility index (Phi) is 8.20. The lowest BCUT2D eigenvalue weighted by Crippen LogP contribution is -2.64. The maximum Gasteiger partial charge on any atom is 0.418 e. The van der Waals surface area contributed by atoms with E-state index in [1.54, 1.807) is 0 Å². The number of nitrogens with two attached hydrogens (primary N) is 2. The van der Waals surface area contributed by atoms with Gasteiger partial charge < -0.3 is 26.4 Å². The average molecular weight is 621 g/mol. The summed E-state index contributed by atoms with van der Waals surface area (Å²) in [5, 5.41) is 6.14. The number of nitrogen functional groups attached to an aromatic ring is 1. The second kappa shape index (κ2) is 11.1. The lowest BCUT2D eigenvalue weighted by Gasteiger charge is -2.35. The van der Waals surface area contributed by atoms with Crippen LogP contribution < -0.4 is 21.5 Å². The minimum atomic E-state index is -5.12. The Morgan fingerprint density at radius 1 is 1.14 bits per heavy atom. The van der Waals surface area contributed by atoms with Gasteiger partial charge in [0.05, 0.1) is 31.0 Å². The van der Waals surface area contributed by atoms with Crippen LogP contribution >= 0.6 is 0 Å². The quantitative estimate of drug-likeness (QED) is 0.341. The zero-order valence-corrected chi connectivity index (χ0v) is 22.9. The van der Waals surface area contributed by atoms with Crippen LogP contribution in [0.2, 0.25) is 0 Å². The summed E-state index contributed by atoms with van der Waals surface area (Å²) in [7, 11) is 1.15. The van der Waals surface area contributed by atoms with Gasteiger partial charge in [0.2, 0.25) is 5.88 Å². The molecule has 5 N–H and O–H groups in total. The van der Waals surface area contributed by atoms with Crippen LogP contribution in [0, 0.1) is 5.92 Å². The Bertz CT molecular complexity index is 1540. The number of aromatic nitrogens is 4. The number of carbonyl (C=O) groups excluding carboxylic acids is 2. The molecule has 4 rings (SSSR count). The van der Waals surface area contributed by atoms with Crippen molar-refractivity contribution in [2.24, 2.45) is 11.7 Å². The Morgan fingerprint density at radius 2 is 1.81 bits per heavy atom. The van der Waals surface area contributed by atoms with Gasteiger partial charge in [0.15, 0.2) is 11.4 Å². The van der Waals surface area contributed by atoms with Gasteiger partial charge in [-0.3, -0.25) is 9.59 Å². The second-order valence-electron chi connectivity index (χ2n) is 10.5. The van der Waals surface area contributed by atoms with E-state index < -0.39 is 84.2 Å². The highest BCUT2D eigenvalue weighted by atomic mass is 19.4. The van der Waals surface area contributed by atoms with Crippen LogP contribution in [0.3, 0.4) is 0 Å². The fourth-order valence-corrected chi connectivity index (χ4v) is 4.97. The molecule has 1 aliphatic rings. The van der Waals surface area contributed by atoms with Crippen LogP contribution in [0.1, 0.15) is 36.2 Å². The molecule has 3 aromatic heterocycles. The van der Waals surface area contributed by atoms with Crippen LogP contribution in [0.5, 0.6) is 5.88 Å². The molecule has 0 saturated carbocycles. The normalized spacial score (nSPS) is 19.1. The summed E-state index contributed by atoms with van der Waals surface area (Å²) in [6.45, 7) is 1.51. The molecule has 0 aromatic carbocycles. The van der Waals surface area contributed by atoms with Crippen LogP contribution in [-0.4, -0.2) is 80.4 Å². The first-order valence-corrected chi connectivity index (χ1v) is 12.7. The minimum absolute atomic E-state index is 0.0404. The van der Waals surface area contributed by atoms with Crippen LogP contribution in [0.25, 0.3) is 16.8 Å². The number of ether oxygens (including phenoxy) is 1. The van der Waals surface area contributed by atoms with E-state index in [1.165, 1.54) is 13.8 Å². The Morgan fingerprint density at radius 3 is 2.40 bits per heavy atom. The van der Waals surface area contributed by atoms with Gasteiger partial charge in [-0.05, 0) is 24.5 Å². The first kappa shape index (κ1) is 31.7. The van der Waals surface area contributed by atoms with Gasteiger partial charge in [-0.25, -0.2) is 18.9 Å². The van der Waals surface area contributed by atoms with Gasteiger partial charge in [-0.15, -0.1) is 0 Å². The summed E-state index contributed by atoms with van der Waals surface area (Å²) in [4.78, 5) is 34.3. The van der Waals surface area contributed by atoms with Gasteiger partial charge >= 0.3 is 12.4 Å². The van der Waals surface area contributed by atoms with E-state index in [0.717, 1.165) is 36.3 Å². The molecule has 4 heterocycles. The standard InChI is InChI=1S/C25H27F7N8O3/c1-11(2)6-23(34,25(30,31)32)22(42)39-8-15(26)16(9-39)38-20(41)13-4-12(7-35-21(13)43-3)17-5-14(24(27,28)29)18-19(33)36-10-37-40(17)18/h4-5,7,10-11,15-16H,6,8-9,34H2,1-3H3,(H,38,41)(H2,33,36,37)/t15-,16+,23?/m0/s1. The van der Waals surface area contributed by atoms with E-state index in [2.05, 4.69) is 20.4 Å². The predicted molar refractivity (Wildman–Crippen MR) is 137 cm³/mol. The number of amides is 2. The molecule has 0 radical (unpaired) electrons. The molecular formula is C25H27F7N8O3. The number of nitrogens with one attached hydrogen (secondary N) is 1. The van der Waals surface area contributed by atoms with E-state index in [-0.39, 0.29) is 22.7 Å². The molecule has 3 aromatic rings.